The lowest BCUT2D eigenvalue weighted by Gasteiger charge is -2.31. The van der Waals surface area contributed by atoms with Crippen molar-refractivity contribution in [2.75, 3.05) is 44.3 Å². The van der Waals surface area contributed by atoms with Gasteiger partial charge in [-0.1, -0.05) is 13.8 Å². The van der Waals surface area contributed by atoms with Crippen molar-refractivity contribution in [3.8, 4) is 0 Å². The van der Waals surface area contributed by atoms with Gasteiger partial charge in [-0.05, 0) is 37.3 Å². The minimum atomic E-state index is -3.68. The van der Waals surface area contributed by atoms with Crippen LogP contribution in [0.2, 0.25) is 0 Å². The summed E-state index contributed by atoms with van der Waals surface area (Å²) < 4.78 is 38.3. The van der Waals surface area contributed by atoms with Crippen molar-refractivity contribution < 1.29 is 22.4 Å². The second-order valence-electron chi connectivity index (χ2n) is 7.53. The molecular weight excluding hydrogens is 418 g/mol. The number of sulfonamides is 1. The number of nitrogens with zero attached hydrogens (tertiary/aromatic N) is 2. The molecule has 2 heterocycles. The molecule has 0 spiro atoms. The Morgan fingerprint density at radius 3 is 2.52 bits per heavy atom. The Labute approximate surface area is 184 Å². The molecule has 1 saturated heterocycles. The van der Waals surface area contributed by atoms with Crippen LogP contribution >= 0.6 is 0 Å². The van der Waals surface area contributed by atoms with Gasteiger partial charge in [-0.25, -0.2) is 8.42 Å². The number of anilines is 1. The highest BCUT2D eigenvalue weighted by Crippen LogP contribution is 2.27. The molecule has 31 heavy (non-hydrogen) atoms. The molecule has 1 aliphatic rings. The summed E-state index contributed by atoms with van der Waals surface area (Å²) in [6.45, 7) is 8.64. The maximum absolute atomic E-state index is 13.2. The zero-order chi connectivity index (χ0) is 22.4. The molecule has 0 aliphatic carbocycles. The summed E-state index contributed by atoms with van der Waals surface area (Å²) >= 11 is 0. The standard InChI is InChI=1S/C22H31N3O5S/c1-4-25(5-2)31(27,28)19-8-9-21(24-10-13-29-14-11-24)20(16-19)22(26)23-17(3)15-18-7-6-12-30-18/h6-9,12,16-17H,4-5,10-11,13-15H2,1-3H3,(H,23,26). The number of carbonyl (C=O) groups is 1. The van der Waals surface area contributed by atoms with Crippen LogP contribution in [-0.4, -0.2) is 64.1 Å². The number of nitrogens with one attached hydrogen (secondary N) is 1. The van der Waals surface area contributed by atoms with E-state index in [0.29, 0.717) is 57.1 Å². The van der Waals surface area contributed by atoms with E-state index in [0.717, 1.165) is 5.76 Å². The van der Waals surface area contributed by atoms with Crippen molar-refractivity contribution in [3.05, 3.63) is 47.9 Å². The lowest BCUT2D eigenvalue weighted by Crippen LogP contribution is -2.39. The van der Waals surface area contributed by atoms with Gasteiger partial charge in [-0.3, -0.25) is 4.79 Å². The van der Waals surface area contributed by atoms with Crippen LogP contribution in [0.25, 0.3) is 0 Å². The second kappa shape index (κ2) is 10.3. The fourth-order valence-corrected chi connectivity index (χ4v) is 5.22. The van der Waals surface area contributed by atoms with E-state index in [2.05, 4.69) is 10.2 Å². The third-order valence-electron chi connectivity index (χ3n) is 5.37. The van der Waals surface area contributed by atoms with Gasteiger partial charge in [0.05, 0.1) is 29.9 Å². The summed E-state index contributed by atoms with van der Waals surface area (Å²) in [4.78, 5) is 15.4. The maximum atomic E-state index is 13.2. The van der Waals surface area contributed by atoms with E-state index in [1.807, 2.05) is 19.1 Å². The summed E-state index contributed by atoms with van der Waals surface area (Å²) in [5.74, 6) is 0.469. The van der Waals surface area contributed by atoms with E-state index < -0.39 is 10.0 Å². The van der Waals surface area contributed by atoms with Crippen LogP contribution in [0.3, 0.4) is 0 Å². The molecule has 9 heteroatoms. The van der Waals surface area contributed by atoms with Gasteiger partial charge < -0.3 is 19.4 Å². The number of furan rings is 1. The van der Waals surface area contributed by atoms with Crippen molar-refractivity contribution in [2.45, 2.75) is 38.1 Å². The van der Waals surface area contributed by atoms with Crippen molar-refractivity contribution >= 4 is 21.6 Å². The molecule has 1 fully saturated rings. The molecule has 1 atom stereocenters. The van der Waals surface area contributed by atoms with Gasteiger partial charge >= 0.3 is 0 Å². The molecule has 8 nitrogen and oxygen atoms in total. The molecule has 3 rings (SSSR count). The van der Waals surface area contributed by atoms with Crippen LogP contribution in [0.1, 0.15) is 36.9 Å². The van der Waals surface area contributed by atoms with Gasteiger partial charge in [0.1, 0.15) is 5.76 Å². The summed E-state index contributed by atoms with van der Waals surface area (Å²) in [7, 11) is -3.68. The lowest BCUT2D eigenvalue weighted by molar-refractivity contribution is 0.0937. The first kappa shape index (κ1) is 23.3. The van der Waals surface area contributed by atoms with Gasteiger partial charge in [0.25, 0.3) is 5.91 Å². The number of benzene rings is 1. The van der Waals surface area contributed by atoms with Gasteiger partial charge in [-0.15, -0.1) is 0 Å². The normalized spacial score (nSPS) is 15.8. The average molecular weight is 450 g/mol. The predicted molar refractivity (Wildman–Crippen MR) is 119 cm³/mol. The van der Waals surface area contributed by atoms with Gasteiger partial charge in [0.2, 0.25) is 10.0 Å². The smallest absolute Gasteiger partial charge is 0.253 e. The molecule has 1 aliphatic heterocycles. The number of hydrogen-bond acceptors (Lipinski definition) is 6. The Morgan fingerprint density at radius 1 is 1.19 bits per heavy atom. The minimum absolute atomic E-state index is 0.122. The fraction of sp³-hybridized carbons (Fsp3) is 0.500. The van der Waals surface area contributed by atoms with Gasteiger partial charge in [-0.2, -0.15) is 4.31 Å². The fourth-order valence-electron chi connectivity index (χ4n) is 3.73. The van der Waals surface area contributed by atoms with E-state index in [1.165, 1.54) is 10.4 Å². The zero-order valence-corrected chi connectivity index (χ0v) is 19.2. The molecule has 170 valence electrons. The SMILES string of the molecule is CCN(CC)S(=O)(=O)c1ccc(N2CCOCC2)c(C(=O)NC(C)Cc2ccco2)c1. The predicted octanol–water partition coefficient (Wildman–Crippen LogP) is 2.51. The Morgan fingerprint density at radius 2 is 1.90 bits per heavy atom. The van der Waals surface area contributed by atoms with Crippen LogP contribution in [0.15, 0.2) is 45.9 Å². The van der Waals surface area contributed by atoms with E-state index in [4.69, 9.17) is 9.15 Å². The van der Waals surface area contributed by atoms with Crippen LogP contribution in [0.5, 0.6) is 0 Å². The number of carbonyl (C=O) groups excluding carboxylic acids is 1. The largest absolute Gasteiger partial charge is 0.469 e. The third kappa shape index (κ3) is 5.47. The van der Waals surface area contributed by atoms with E-state index in [-0.39, 0.29) is 16.8 Å². The van der Waals surface area contributed by atoms with Crippen LogP contribution in [0, 0.1) is 0 Å². The van der Waals surface area contributed by atoms with Gasteiger partial charge in [0, 0.05) is 44.3 Å². The topological polar surface area (TPSA) is 92.1 Å². The Bertz CT molecular complexity index is 965. The number of morpholine rings is 1. The molecule has 0 bridgehead atoms. The molecule has 1 aromatic heterocycles. The third-order valence-corrected chi connectivity index (χ3v) is 7.42. The summed E-state index contributed by atoms with van der Waals surface area (Å²) in [5, 5.41) is 2.98. The van der Waals surface area contributed by atoms with E-state index in [9.17, 15) is 13.2 Å². The van der Waals surface area contributed by atoms with E-state index >= 15 is 0 Å². The molecule has 2 aromatic rings. The number of hydrogen-bond donors (Lipinski definition) is 1. The number of amides is 1. The molecule has 0 radical (unpaired) electrons. The quantitative estimate of drug-likeness (QED) is 0.632. The molecule has 0 saturated carbocycles. The monoisotopic (exact) mass is 449 g/mol. The van der Waals surface area contributed by atoms with Crippen LogP contribution in [0.4, 0.5) is 5.69 Å². The zero-order valence-electron chi connectivity index (χ0n) is 18.3. The van der Waals surface area contributed by atoms with Crippen molar-refractivity contribution in [2.24, 2.45) is 0 Å². The Hall–Kier alpha value is -2.36. The summed E-state index contributed by atoms with van der Waals surface area (Å²) in [6, 6.07) is 8.29. The number of rotatable bonds is 9. The average Bonchev–Trinajstić information content (AvgIpc) is 3.27. The minimum Gasteiger partial charge on any atom is -0.469 e. The highest BCUT2D eigenvalue weighted by molar-refractivity contribution is 7.89. The summed E-state index contributed by atoms with van der Waals surface area (Å²) in [5.41, 5.74) is 1.06. The van der Waals surface area contributed by atoms with Crippen LogP contribution in [-0.2, 0) is 21.2 Å². The molecule has 1 aromatic carbocycles. The number of ether oxygens (including phenoxy) is 1. The molecular formula is C22H31N3O5S. The van der Waals surface area contributed by atoms with Crippen molar-refractivity contribution in [1.82, 2.24) is 9.62 Å². The van der Waals surface area contributed by atoms with Crippen molar-refractivity contribution in [3.63, 3.8) is 0 Å². The lowest BCUT2D eigenvalue weighted by atomic mass is 10.1. The maximum Gasteiger partial charge on any atom is 0.253 e. The summed E-state index contributed by atoms with van der Waals surface area (Å²) in [6.07, 6.45) is 2.14. The molecule has 1 amide bonds. The van der Waals surface area contributed by atoms with E-state index in [1.54, 1.807) is 32.2 Å². The first-order valence-electron chi connectivity index (χ1n) is 10.7. The molecule has 1 unspecified atom stereocenters. The first-order chi connectivity index (χ1) is 14.9. The van der Waals surface area contributed by atoms with Crippen molar-refractivity contribution in [1.29, 1.82) is 0 Å². The van der Waals surface area contributed by atoms with Crippen LogP contribution < -0.4 is 10.2 Å². The molecule has 1 N–H and O–H groups in total. The Kier molecular flexibility index (Phi) is 7.74. The highest BCUT2D eigenvalue weighted by atomic mass is 32.2. The first-order valence-corrected chi connectivity index (χ1v) is 12.1. The second-order valence-corrected chi connectivity index (χ2v) is 9.46. The Balaban J connectivity index is 1.92. The highest BCUT2D eigenvalue weighted by Gasteiger charge is 2.26. The van der Waals surface area contributed by atoms with Gasteiger partial charge in [0.15, 0.2) is 0 Å².